The molecule has 0 radical (unpaired) electrons. The van der Waals surface area contributed by atoms with Crippen molar-refractivity contribution in [3.63, 3.8) is 0 Å². The Hall–Kier alpha value is -5.18. The van der Waals surface area contributed by atoms with Gasteiger partial charge in [0, 0.05) is 74.7 Å². The predicted octanol–water partition coefficient (Wildman–Crippen LogP) is 4.08. The Morgan fingerprint density at radius 3 is 2.56 bits per heavy atom. The minimum atomic E-state index is -4.59. The molecule has 274 valence electrons. The molecule has 2 aromatic heterocycles. The van der Waals surface area contributed by atoms with E-state index in [1.165, 1.54) is 0 Å². The summed E-state index contributed by atoms with van der Waals surface area (Å²) in [5.41, 5.74) is 3.44. The number of fused-ring (bicyclic) bond motifs is 1. The fraction of sp³-hybridized carbons (Fsp3) is 0.342. The number of aliphatic hydroxyl groups is 2. The minimum Gasteiger partial charge on any atom is -0.507 e. The number of aromatic nitrogens is 2. The van der Waals surface area contributed by atoms with Gasteiger partial charge in [-0.1, -0.05) is 36.4 Å². The van der Waals surface area contributed by atoms with Gasteiger partial charge in [0.1, 0.15) is 24.9 Å². The molecule has 1 fully saturated rings. The van der Waals surface area contributed by atoms with Gasteiger partial charge in [-0.2, -0.15) is 13.2 Å². The number of nitrogens with one attached hydrogen (secondary N) is 2. The van der Waals surface area contributed by atoms with E-state index >= 15 is 0 Å². The van der Waals surface area contributed by atoms with Crippen LogP contribution in [0.4, 0.5) is 13.2 Å². The summed E-state index contributed by atoms with van der Waals surface area (Å²) >= 11 is 0. The third-order valence-corrected chi connectivity index (χ3v) is 9.19. The second-order valence-electron chi connectivity index (χ2n) is 13.1. The maximum absolute atomic E-state index is 13.8. The van der Waals surface area contributed by atoms with Crippen molar-refractivity contribution < 1.29 is 37.7 Å². The van der Waals surface area contributed by atoms with Crippen molar-refractivity contribution in [1.82, 2.24) is 30.0 Å². The summed E-state index contributed by atoms with van der Waals surface area (Å²) in [6.45, 7) is -0.221. The lowest BCUT2D eigenvalue weighted by atomic mass is 9.92. The number of nitrogens with zero attached hydrogens (tertiary/aromatic N) is 4. The van der Waals surface area contributed by atoms with Crippen LogP contribution in [0.3, 0.4) is 0 Å². The summed E-state index contributed by atoms with van der Waals surface area (Å²) in [5.74, 6) is -1.67. The van der Waals surface area contributed by atoms with Gasteiger partial charge in [-0.25, -0.2) is 0 Å². The summed E-state index contributed by atoms with van der Waals surface area (Å²) in [6.07, 6.45) is 1.62. The lowest BCUT2D eigenvalue weighted by molar-refractivity contribution is -0.143. The van der Waals surface area contributed by atoms with Gasteiger partial charge in [-0.05, 0) is 60.4 Å². The van der Waals surface area contributed by atoms with E-state index in [0.29, 0.717) is 30.9 Å². The zero-order valence-electron chi connectivity index (χ0n) is 28.4. The first-order chi connectivity index (χ1) is 25.0. The number of pyridine rings is 1. The van der Waals surface area contributed by atoms with Crippen molar-refractivity contribution in [1.29, 1.82) is 0 Å². The summed E-state index contributed by atoms with van der Waals surface area (Å²) in [7, 11) is 0. The lowest BCUT2D eigenvalue weighted by Crippen LogP contribution is -2.60. The topological polar surface area (TPSA) is 132 Å². The number of piperazine rings is 1. The molecule has 6 rings (SSSR count). The molecular formula is C38H41F3N6O5. The molecule has 2 aliphatic heterocycles. The molecule has 0 aliphatic carbocycles. The number of rotatable bonds is 13. The number of hydrogen-bond donors (Lipinski definition) is 4. The average Bonchev–Trinajstić information content (AvgIpc) is 3.61. The Morgan fingerprint density at radius 2 is 1.79 bits per heavy atom. The van der Waals surface area contributed by atoms with Gasteiger partial charge in [-0.15, -0.1) is 0 Å². The number of hydrogen-bond acceptors (Lipinski definition) is 8. The quantitative estimate of drug-likeness (QED) is 0.163. The van der Waals surface area contributed by atoms with E-state index in [9.17, 15) is 33.0 Å². The molecule has 0 spiro atoms. The van der Waals surface area contributed by atoms with Crippen LogP contribution in [0.2, 0.25) is 0 Å². The molecule has 4 heterocycles. The Bertz CT molecular complexity index is 1850. The van der Waals surface area contributed by atoms with Crippen LogP contribution in [0.5, 0.6) is 5.75 Å². The van der Waals surface area contributed by atoms with Gasteiger partial charge in [0.15, 0.2) is 5.76 Å². The molecule has 52 heavy (non-hydrogen) atoms. The zero-order chi connectivity index (χ0) is 36.7. The number of aliphatic hydroxyl groups excluding tert-OH is 2. The Balaban J connectivity index is 1.15. The van der Waals surface area contributed by atoms with Crippen LogP contribution in [0.25, 0.3) is 11.4 Å². The summed E-state index contributed by atoms with van der Waals surface area (Å²) in [4.78, 5) is 35.0. The van der Waals surface area contributed by atoms with Crippen molar-refractivity contribution in [2.45, 2.75) is 37.7 Å². The van der Waals surface area contributed by atoms with E-state index in [1.807, 2.05) is 69.6 Å². The molecule has 0 bridgehead atoms. The molecule has 3 atom stereocenters. The van der Waals surface area contributed by atoms with E-state index < -0.39 is 42.6 Å². The highest BCUT2D eigenvalue weighted by Gasteiger charge is 2.37. The number of benzene rings is 2. The molecule has 0 unspecified atom stereocenters. The molecule has 2 aromatic carbocycles. The van der Waals surface area contributed by atoms with Crippen LogP contribution in [0.1, 0.15) is 23.1 Å². The number of alkyl halides is 3. The molecule has 1 saturated heterocycles. The molecule has 11 nitrogen and oxygen atoms in total. The van der Waals surface area contributed by atoms with Crippen molar-refractivity contribution >= 4 is 17.5 Å². The predicted molar refractivity (Wildman–Crippen MR) is 187 cm³/mol. The molecular weight excluding hydrogens is 677 g/mol. The van der Waals surface area contributed by atoms with Crippen LogP contribution >= 0.6 is 0 Å². The van der Waals surface area contributed by atoms with Gasteiger partial charge in [0.25, 0.3) is 0 Å². The first kappa shape index (κ1) is 36.6. The van der Waals surface area contributed by atoms with Gasteiger partial charge >= 0.3 is 6.18 Å². The van der Waals surface area contributed by atoms with Crippen molar-refractivity contribution in [2.24, 2.45) is 5.92 Å². The molecule has 0 saturated carbocycles. The number of carbonyl (C=O) groups is 2. The monoisotopic (exact) mass is 718 g/mol. The van der Waals surface area contributed by atoms with Gasteiger partial charge in [0.05, 0.1) is 11.8 Å². The standard InChI is InChI=1S/C38H41F3N6O5/c39-38(40,41)25-43-37(51)32-23-45(20-27-12-14-46(21-27)29-8-2-1-3-9-29)15-16-47(32)22-30(48)18-28(17-26-7-6-13-42-19-26)36(50)44-35-31-10-4-5-11-34(31)52-24-33(35)49/h1-14,19,21,28,30,32,48-49H,15-18,20,22-25H2,(H,43,51)(H,44,50)/t28-,30+,32+/m1/s1. The van der Waals surface area contributed by atoms with E-state index in [2.05, 4.69) is 10.3 Å². The number of para-hydroxylation sites is 2. The van der Waals surface area contributed by atoms with Gasteiger partial charge < -0.3 is 30.2 Å². The highest BCUT2D eigenvalue weighted by atomic mass is 19.4. The second kappa shape index (κ2) is 16.4. The molecule has 2 aliphatic rings. The normalized spacial score (nSPS) is 17.9. The van der Waals surface area contributed by atoms with Crippen molar-refractivity contribution in [3.8, 4) is 11.4 Å². The maximum atomic E-state index is 13.8. The van der Waals surface area contributed by atoms with Gasteiger partial charge in [0.2, 0.25) is 11.8 Å². The zero-order valence-corrected chi connectivity index (χ0v) is 28.4. The highest BCUT2D eigenvalue weighted by molar-refractivity contribution is 5.90. The van der Waals surface area contributed by atoms with E-state index in [-0.39, 0.29) is 44.0 Å². The Morgan fingerprint density at radius 1 is 1.00 bits per heavy atom. The summed E-state index contributed by atoms with van der Waals surface area (Å²) in [5, 5.41) is 26.9. The minimum absolute atomic E-state index is 0.0307. The van der Waals surface area contributed by atoms with E-state index in [4.69, 9.17) is 4.74 Å². The fourth-order valence-corrected chi connectivity index (χ4v) is 6.64. The molecule has 2 amide bonds. The van der Waals surface area contributed by atoms with Crippen molar-refractivity contribution in [3.05, 3.63) is 120 Å². The Kier molecular flexibility index (Phi) is 11.6. The second-order valence-corrected chi connectivity index (χ2v) is 13.1. The Labute approximate surface area is 299 Å². The first-order valence-corrected chi connectivity index (χ1v) is 17.1. The van der Waals surface area contributed by atoms with Gasteiger partial charge in [-0.3, -0.25) is 24.4 Å². The number of ether oxygens (including phenoxy) is 1. The molecule has 14 heteroatoms. The number of β-amino-alcohol motifs (C(OH)–C–C–N with tert-alkyl or cyclic N) is 1. The summed E-state index contributed by atoms with van der Waals surface area (Å²) < 4.78 is 46.9. The maximum Gasteiger partial charge on any atom is 0.405 e. The van der Waals surface area contributed by atoms with Crippen LogP contribution in [-0.4, -0.2) is 99.0 Å². The third kappa shape index (κ3) is 9.57. The highest BCUT2D eigenvalue weighted by Crippen LogP contribution is 2.31. The number of amides is 2. The molecule has 4 N–H and O–H groups in total. The van der Waals surface area contributed by atoms with Crippen molar-refractivity contribution in [2.75, 3.05) is 39.3 Å². The van der Waals surface area contributed by atoms with E-state index in [0.717, 1.165) is 16.8 Å². The SMILES string of the molecule is O=C(NC1=C(O)COc2ccccc21)[C@H](Cc1cccnc1)C[C@H](O)CN1CCN(Cc2ccn(-c3ccccc3)c2)C[C@H]1C(=O)NCC(F)(F)F. The van der Waals surface area contributed by atoms with Crippen LogP contribution in [0, 0.1) is 5.92 Å². The van der Waals surface area contributed by atoms with Crippen LogP contribution in [-0.2, 0) is 22.6 Å². The average molecular weight is 719 g/mol. The lowest BCUT2D eigenvalue weighted by Gasteiger charge is -2.41. The largest absolute Gasteiger partial charge is 0.507 e. The third-order valence-electron chi connectivity index (χ3n) is 9.19. The summed E-state index contributed by atoms with van der Waals surface area (Å²) in [6, 6.07) is 21.3. The van der Waals surface area contributed by atoms with E-state index in [1.54, 1.807) is 47.6 Å². The fourth-order valence-electron chi connectivity index (χ4n) is 6.64. The van der Waals surface area contributed by atoms with Crippen LogP contribution < -0.4 is 15.4 Å². The van der Waals surface area contributed by atoms with Crippen LogP contribution in [0.15, 0.2) is 103 Å². The number of halogens is 3. The first-order valence-electron chi connectivity index (χ1n) is 17.1. The number of carbonyl (C=O) groups excluding carboxylic acids is 2. The smallest absolute Gasteiger partial charge is 0.405 e. The molecule has 4 aromatic rings.